The van der Waals surface area contributed by atoms with Gasteiger partial charge in [0, 0.05) is 33.9 Å². The number of terminal acetylenes is 1. The molecule has 0 amide bonds. The first-order valence-corrected chi connectivity index (χ1v) is 8.94. The molecule has 0 aliphatic carbocycles. The Labute approximate surface area is 173 Å². The highest BCUT2D eigenvalue weighted by Gasteiger charge is 2.19. The van der Waals surface area contributed by atoms with Crippen molar-refractivity contribution in [3.8, 4) is 35.4 Å². The molecular formula is C23H15N3O2S. The molecule has 0 radical (unpaired) electrons. The Morgan fingerprint density at radius 1 is 1.14 bits per heavy atom. The first-order valence-electron chi connectivity index (χ1n) is 8.53. The summed E-state index contributed by atoms with van der Waals surface area (Å²) in [6.45, 7) is 1.85. The molecule has 6 heteroatoms. The summed E-state index contributed by atoms with van der Waals surface area (Å²) in [6.07, 6.45) is 6.91. The van der Waals surface area contributed by atoms with Crippen LogP contribution in [0.4, 0.5) is 11.4 Å². The molecule has 2 N–H and O–H groups in total. The Kier molecular flexibility index (Phi) is 5.69. The normalized spacial score (nSPS) is 9.79. The van der Waals surface area contributed by atoms with E-state index >= 15 is 0 Å². The van der Waals surface area contributed by atoms with Crippen molar-refractivity contribution in [3.63, 3.8) is 0 Å². The molecule has 0 saturated carbocycles. The number of benzene rings is 2. The van der Waals surface area contributed by atoms with Crippen molar-refractivity contribution < 1.29 is 4.92 Å². The number of thiocarbonyl (C=S) groups is 1. The van der Waals surface area contributed by atoms with Gasteiger partial charge in [0.25, 0.3) is 5.69 Å². The van der Waals surface area contributed by atoms with E-state index in [1.54, 1.807) is 12.1 Å². The average molecular weight is 397 g/mol. The van der Waals surface area contributed by atoms with Crippen LogP contribution in [0, 0.1) is 34.3 Å². The van der Waals surface area contributed by atoms with Crippen molar-refractivity contribution in [2.75, 3.05) is 5.73 Å². The Morgan fingerprint density at radius 3 is 2.48 bits per heavy atom. The zero-order valence-electron chi connectivity index (χ0n) is 15.5. The second-order valence-electron chi connectivity index (χ2n) is 6.17. The van der Waals surface area contributed by atoms with Crippen molar-refractivity contribution in [2.45, 2.75) is 6.92 Å². The van der Waals surface area contributed by atoms with Gasteiger partial charge in [-0.3, -0.25) is 15.1 Å². The number of hydrogen-bond donors (Lipinski definition) is 1. The van der Waals surface area contributed by atoms with Gasteiger partial charge in [0.05, 0.1) is 21.7 Å². The van der Waals surface area contributed by atoms with Crippen LogP contribution in [-0.4, -0.2) is 14.8 Å². The van der Waals surface area contributed by atoms with Crippen LogP contribution in [0.1, 0.15) is 29.2 Å². The number of nitrogen functional groups attached to an aromatic ring is 1. The van der Waals surface area contributed by atoms with Gasteiger partial charge >= 0.3 is 0 Å². The topological polar surface area (TPSA) is 82.0 Å². The van der Waals surface area contributed by atoms with E-state index in [2.05, 4.69) is 22.7 Å². The van der Waals surface area contributed by atoms with Crippen LogP contribution >= 0.6 is 12.2 Å². The second kappa shape index (κ2) is 8.35. The van der Waals surface area contributed by atoms with Crippen LogP contribution in [0.3, 0.4) is 0 Å². The van der Waals surface area contributed by atoms with Crippen LogP contribution in [0.15, 0.2) is 54.7 Å². The molecule has 0 fully saturated rings. The van der Waals surface area contributed by atoms with Gasteiger partial charge in [-0.2, -0.15) is 0 Å². The third-order valence-corrected chi connectivity index (χ3v) is 4.44. The average Bonchev–Trinajstić information content (AvgIpc) is 2.72. The number of nitrogens with two attached hydrogens (primary N) is 1. The SMILES string of the molecule is C#Cc1ccnc(-c2cc(N)c(C#Cc3ccc(C(C)=S)cc3)cc2[N+](=O)[O-])c1. The molecular weight excluding hydrogens is 382 g/mol. The number of pyridine rings is 1. The van der Waals surface area contributed by atoms with Crippen molar-refractivity contribution in [1.29, 1.82) is 0 Å². The van der Waals surface area contributed by atoms with Crippen molar-refractivity contribution >= 4 is 28.5 Å². The van der Waals surface area contributed by atoms with Gasteiger partial charge < -0.3 is 5.73 Å². The van der Waals surface area contributed by atoms with Crippen molar-refractivity contribution in [3.05, 3.63) is 87.1 Å². The first-order chi connectivity index (χ1) is 13.9. The predicted octanol–water partition coefficient (Wildman–Crippen LogP) is 4.36. The van der Waals surface area contributed by atoms with E-state index in [-0.39, 0.29) is 11.3 Å². The Hall–Kier alpha value is -4.00. The fraction of sp³-hybridized carbons (Fsp3) is 0.0435. The molecule has 0 unspecified atom stereocenters. The van der Waals surface area contributed by atoms with Gasteiger partial charge in [-0.05, 0) is 42.8 Å². The number of aromatic nitrogens is 1. The number of rotatable bonds is 3. The Morgan fingerprint density at radius 2 is 1.86 bits per heavy atom. The maximum absolute atomic E-state index is 11.6. The molecule has 0 spiro atoms. The highest BCUT2D eigenvalue weighted by atomic mass is 32.1. The molecule has 3 aromatic rings. The van der Waals surface area contributed by atoms with Crippen LogP contribution in [0.5, 0.6) is 0 Å². The summed E-state index contributed by atoms with van der Waals surface area (Å²) in [5, 5.41) is 11.6. The van der Waals surface area contributed by atoms with Crippen LogP contribution < -0.4 is 5.73 Å². The second-order valence-corrected chi connectivity index (χ2v) is 6.78. The van der Waals surface area contributed by atoms with Gasteiger partial charge in [-0.1, -0.05) is 42.1 Å². The maximum atomic E-state index is 11.6. The van der Waals surface area contributed by atoms with Gasteiger partial charge in [0.2, 0.25) is 0 Å². The van der Waals surface area contributed by atoms with E-state index in [1.807, 2.05) is 31.2 Å². The van der Waals surface area contributed by atoms with Gasteiger partial charge in [0.1, 0.15) is 0 Å². The Balaban J connectivity index is 2.04. The lowest BCUT2D eigenvalue weighted by Crippen LogP contribution is -1.99. The summed E-state index contributed by atoms with van der Waals surface area (Å²) in [6, 6.07) is 13.6. The Bertz CT molecular complexity index is 1230. The van der Waals surface area contributed by atoms with Crippen molar-refractivity contribution in [2.24, 2.45) is 0 Å². The van der Waals surface area contributed by atoms with Gasteiger partial charge in [0.15, 0.2) is 0 Å². The molecule has 0 aliphatic heterocycles. The summed E-state index contributed by atoms with van der Waals surface area (Å²) in [5.74, 6) is 8.37. The summed E-state index contributed by atoms with van der Waals surface area (Å²) in [4.78, 5) is 16.1. The minimum atomic E-state index is -0.485. The minimum absolute atomic E-state index is 0.142. The molecule has 140 valence electrons. The molecule has 5 nitrogen and oxygen atoms in total. The number of nitro groups is 1. The fourth-order valence-electron chi connectivity index (χ4n) is 2.66. The highest BCUT2D eigenvalue weighted by Crippen LogP contribution is 2.33. The third kappa shape index (κ3) is 4.47. The largest absolute Gasteiger partial charge is 0.398 e. The zero-order chi connectivity index (χ0) is 21.0. The van der Waals surface area contributed by atoms with E-state index in [4.69, 9.17) is 24.4 Å². The van der Waals surface area contributed by atoms with E-state index in [0.29, 0.717) is 22.5 Å². The summed E-state index contributed by atoms with van der Waals surface area (Å²) in [5.41, 5.74) is 9.59. The maximum Gasteiger partial charge on any atom is 0.280 e. The highest BCUT2D eigenvalue weighted by molar-refractivity contribution is 7.80. The van der Waals surface area contributed by atoms with E-state index < -0.39 is 4.92 Å². The van der Waals surface area contributed by atoms with Gasteiger partial charge in [-0.25, -0.2) is 0 Å². The van der Waals surface area contributed by atoms with E-state index in [9.17, 15) is 10.1 Å². The zero-order valence-corrected chi connectivity index (χ0v) is 16.3. The fourth-order valence-corrected chi connectivity index (χ4v) is 2.80. The van der Waals surface area contributed by atoms with Crippen LogP contribution in [0.25, 0.3) is 11.3 Å². The lowest BCUT2D eigenvalue weighted by molar-refractivity contribution is -0.384. The number of hydrogen-bond acceptors (Lipinski definition) is 5. The first kappa shape index (κ1) is 19.8. The number of anilines is 1. The molecule has 1 heterocycles. The van der Waals surface area contributed by atoms with Crippen LogP contribution in [-0.2, 0) is 0 Å². The smallest absolute Gasteiger partial charge is 0.280 e. The lowest BCUT2D eigenvalue weighted by Gasteiger charge is -2.06. The van der Waals surface area contributed by atoms with Gasteiger partial charge in [-0.15, -0.1) is 6.42 Å². The molecule has 0 saturated heterocycles. The molecule has 2 aromatic carbocycles. The quantitative estimate of drug-likeness (QED) is 0.177. The molecule has 1 aromatic heterocycles. The monoisotopic (exact) mass is 397 g/mol. The van der Waals surface area contributed by atoms with Crippen molar-refractivity contribution in [1.82, 2.24) is 4.98 Å². The predicted molar refractivity (Wildman–Crippen MR) is 118 cm³/mol. The number of nitro benzene ring substituents is 1. The summed E-state index contributed by atoms with van der Waals surface area (Å²) < 4.78 is 0. The molecule has 0 aliphatic rings. The minimum Gasteiger partial charge on any atom is -0.398 e. The summed E-state index contributed by atoms with van der Waals surface area (Å²) in [7, 11) is 0. The number of nitrogens with zero attached hydrogens (tertiary/aromatic N) is 2. The van der Waals surface area contributed by atoms with E-state index in [1.165, 1.54) is 18.3 Å². The molecule has 3 rings (SSSR count). The van der Waals surface area contributed by atoms with Crippen LogP contribution in [0.2, 0.25) is 0 Å². The molecule has 29 heavy (non-hydrogen) atoms. The third-order valence-electron chi connectivity index (χ3n) is 4.20. The lowest BCUT2D eigenvalue weighted by atomic mass is 10.0. The molecule has 0 atom stereocenters. The van der Waals surface area contributed by atoms with E-state index in [0.717, 1.165) is 16.0 Å². The standard InChI is InChI=1S/C23H15N3O2S/c1-3-16-10-11-25-22(12-16)20-14-21(24)19(13-23(20)26(27)28)9-6-17-4-7-18(8-5-17)15(2)29/h1,4-5,7-8,10-14H,24H2,2H3. The summed E-state index contributed by atoms with van der Waals surface area (Å²) >= 11 is 5.14. The molecule has 0 bridgehead atoms.